The number of hydrogen-bond acceptors (Lipinski definition) is 1. The van der Waals surface area contributed by atoms with Crippen molar-refractivity contribution >= 4 is 34.2 Å². The first kappa shape index (κ1) is 14.3. The molecule has 0 bridgehead atoms. The molecule has 2 nitrogen and oxygen atoms in total. The highest BCUT2D eigenvalue weighted by molar-refractivity contribution is 6.32. The zero-order chi connectivity index (χ0) is 15.8. The summed E-state index contributed by atoms with van der Waals surface area (Å²) in [5, 5.41) is 1.39. The molecule has 0 amide bonds. The summed E-state index contributed by atoms with van der Waals surface area (Å²) >= 11 is 12.2. The Morgan fingerprint density at radius 3 is 2.22 bits per heavy atom. The van der Waals surface area contributed by atoms with Gasteiger partial charge < -0.3 is 4.98 Å². The van der Waals surface area contributed by atoms with Gasteiger partial charge in [0.25, 0.3) is 0 Å². The quantitative estimate of drug-likeness (QED) is 0.462. The van der Waals surface area contributed by atoms with Gasteiger partial charge in [0.05, 0.1) is 11.0 Å². The summed E-state index contributed by atoms with van der Waals surface area (Å²) in [5.41, 5.74) is 4.92. The van der Waals surface area contributed by atoms with Crippen LogP contribution in [0, 0.1) is 0 Å². The number of H-pyrrole nitrogens is 1. The molecule has 23 heavy (non-hydrogen) atoms. The molecule has 0 saturated heterocycles. The predicted octanol–water partition coefficient (Wildman–Crippen LogP) is 6.20. The number of nitrogens with zero attached hydrogens (tertiary/aromatic N) is 1. The molecule has 4 rings (SSSR count). The lowest BCUT2D eigenvalue weighted by molar-refractivity contribution is 1.34. The molecule has 4 aromatic rings. The minimum absolute atomic E-state index is 0.683. The van der Waals surface area contributed by atoms with Gasteiger partial charge in [0.1, 0.15) is 5.82 Å². The minimum Gasteiger partial charge on any atom is -0.338 e. The lowest BCUT2D eigenvalue weighted by Crippen LogP contribution is -1.81. The van der Waals surface area contributed by atoms with E-state index in [2.05, 4.69) is 17.1 Å². The molecule has 0 fully saturated rings. The zero-order valence-electron chi connectivity index (χ0n) is 12.1. The molecule has 0 atom stereocenters. The van der Waals surface area contributed by atoms with E-state index in [4.69, 9.17) is 28.2 Å². The van der Waals surface area contributed by atoms with Crippen molar-refractivity contribution in [3.63, 3.8) is 0 Å². The maximum atomic E-state index is 6.28. The molecule has 0 radical (unpaired) electrons. The maximum absolute atomic E-state index is 6.28. The third-order valence-corrected chi connectivity index (χ3v) is 4.22. The summed E-state index contributed by atoms with van der Waals surface area (Å²) in [6.45, 7) is 0. The minimum atomic E-state index is 0.683. The number of nitrogens with one attached hydrogen (secondary N) is 1. The Kier molecular flexibility index (Phi) is 3.56. The van der Waals surface area contributed by atoms with Crippen LogP contribution in [0.1, 0.15) is 0 Å². The molecule has 0 unspecified atom stereocenters. The number of aromatic amines is 1. The molecule has 0 aliphatic rings. The summed E-state index contributed by atoms with van der Waals surface area (Å²) in [7, 11) is 0. The van der Waals surface area contributed by atoms with Crippen molar-refractivity contribution in [3.05, 3.63) is 76.8 Å². The molecule has 0 spiro atoms. The Morgan fingerprint density at radius 2 is 1.48 bits per heavy atom. The predicted molar refractivity (Wildman–Crippen MR) is 97.0 cm³/mol. The first-order chi connectivity index (χ1) is 11.2. The maximum Gasteiger partial charge on any atom is 0.138 e. The van der Waals surface area contributed by atoms with Crippen LogP contribution < -0.4 is 0 Å². The fourth-order valence-electron chi connectivity index (χ4n) is 2.66. The fraction of sp³-hybridized carbons (Fsp3) is 0. The van der Waals surface area contributed by atoms with Gasteiger partial charge >= 0.3 is 0 Å². The van der Waals surface area contributed by atoms with Gasteiger partial charge in [-0.2, -0.15) is 0 Å². The lowest BCUT2D eigenvalue weighted by atomic mass is 10.0. The Bertz CT molecular complexity index is 974. The summed E-state index contributed by atoms with van der Waals surface area (Å²) in [6.07, 6.45) is 0. The zero-order valence-corrected chi connectivity index (χ0v) is 13.6. The van der Waals surface area contributed by atoms with Crippen LogP contribution in [-0.2, 0) is 0 Å². The number of aromatic nitrogens is 2. The highest BCUT2D eigenvalue weighted by Crippen LogP contribution is 2.32. The van der Waals surface area contributed by atoms with Crippen LogP contribution in [0.4, 0.5) is 0 Å². The number of benzene rings is 3. The second-order valence-electron chi connectivity index (χ2n) is 5.31. The molecule has 1 N–H and O–H groups in total. The van der Waals surface area contributed by atoms with Crippen LogP contribution in [0.2, 0.25) is 10.0 Å². The molecule has 0 aliphatic carbocycles. The molecule has 112 valence electrons. The molecule has 0 saturated carbocycles. The number of halogens is 2. The van der Waals surface area contributed by atoms with Crippen LogP contribution in [0.5, 0.6) is 0 Å². The van der Waals surface area contributed by atoms with Crippen molar-refractivity contribution in [2.75, 3.05) is 0 Å². The van der Waals surface area contributed by atoms with E-state index >= 15 is 0 Å². The molecular formula is C19H12Cl2N2. The Hall–Kier alpha value is -2.29. The Morgan fingerprint density at radius 1 is 0.739 bits per heavy atom. The number of rotatable bonds is 2. The molecule has 1 heterocycles. The van der Waals surface area contributed by atoms with Gasteiger partial charge in [-0.3, -0.25) is 0 Å². The van der Waals surface area contributed by atoms with Gasteiger partial charge in [-0.05, 0) is 42.0 Å². The number of imidazole rings is 1. The summed E-state index contributed by atoms with van der Waals surface area (Å²) in [5.74, 6) is 0.802. The highest BCUT2D eigenvalue weighted by atomic mass is 35.5. The van der Waals surface area contributed by atoms with Crippen molar-refractivity contribution in [2.45, 2.75) is 0 Å². The van der Waals surface area contributed by atoms with Crippen molar-refractivity contribution in [3.8, 4) is 22.5 Å². The van der Waals surface area contributed by atoms with Crippen molar-refractivity contribution in [2.24, 2.45) is 0 Å². The average molecular weight is 339 g/mol. The molecule has 3 aromatic carbocycles. The Balaban J connectivity index is 1.93. The number of fused-ring (bicyclic) bond motifs is 1. The summed E-state index contributed by atoms with van der Waals surface area (Å²) < 4.78 is 0. The van der Waals surface area contributed by atoms with E-state index in [1.165, 1.54) is 0 Å². The van der Waals surface area contributed by atoms with Crippen LogP contribution >= 0.6 is 23.2 Å². The smallest absolute Gasteiger partial charge is 0.138 e. The van der Waals surface area contributed by atoms with Crippen molar-refractivity contribution < 1.29 is 0 Å². The largest absolute Gasteiger partial charge is 0.338 e. The van der Waals surface area contributed by atoms with Crippen LogP contribution in [0.25, 0.3) is 33.5 Å². The van der Waals surface area contributed by atoms with E-state index in [-0.39, 0.29) is 0 Å². The molecular weight excluding hydrogens is 327 g/mol. The van der Waals surface area contributed by atoms with Gasteiger partial charge in [0.2, 0.25) is 0 Å². The second kappa shape index (κ2) is 5.73. The lowest BCUT2D eigenvalue weighted by Gasteiger charge is -2.03. The molecule has 0 aliphatic heterocycles. The third-order valence-electron chi connectivity index (χ3n) is 3.75. The van der Waals surface area contributed by atoms with E-state index in [9.17, 15) is 0 Å². The first-order valence-corrected chi connectivity index (χ1v) is 7.97. The van der Waals surface area contributed by atoms with Gasteiger partial charge in [-0.1, -0.05) is 53.5 Å². The Labute approximate surface area is 143 Å². The fourth-order valence-corrected chi connectivity index (χ4v) is 3.01. The summed E-state index contributed by atoms with van der Waals surface area (Å²) in [6, 6.07) is 21.6. The molecule has 4 heteroatoms. The van der Waals surface area contributed by atoms with Crippen LogP contribution in [0.3, 0.4) is 0 Å². The van der Waals surface area contributed by atoms with E-state index in [0.717, 1.165) is 33.5 Å². The van der Waals surface area contributed by atoms with E-state index in [1.54, 1.807) is 0 Å². The van der Waals surface area contributed by atoms with Crippen molar-refractivity contribution in [1.29, 1.82) is 0 Å². The monoisotopic (exact) mass is 338 g/mol. The van der Waals surface area contributed by atoms with E-state index < -0.39 is 0 Å². The number of hydrogen-bond donors (Lipinski definition) is 1. The highest BCUT2D eigenvalue weighted by Gasteiger charge is 2.12. The van der Waals surface area contributed by atoms with E-state index in [1.807, 2.05) is 54.6 Å². The topological polar surface area (TPSA) is 28.7 Å². The SMILES string of the molecule is Clc1ccc(-c2nc3c(-c4ccccc4)cc(Cl)cc3[nH]2)cc1. The normalized spacial score (nSPS) is 11.0. The average Bonchev–Trinajstić information content (AvgIpc) is 2.99. The van der Waals surface area contributed by atoms with Crippen LogP contribution in [0.15, 0.2) is 66.7 Å². The van der Waals surface area contributed by atoms with E-state index in [0.29, 0.717) is 10.0 Å². The van der Waals surface area contributed by atoms with Gasteiger partial charge in [-0.15, -0.1) is 0 Å². The van der Waals surface area contributed by atoms with Crippen LogP contribution in [-0.4, -0.2) is 9.97 Å². The van der Waals surface area contributed by atoms with Crippen molar-refractivity contribution in [1.82, 2.24) is 9.97 Å². The first-order valence-electron chi connectivity index (χ1n) is 7.21. The standard InChI is InChI=1S/C19H12Cl2N2/c20-14-8-6-13(7-9-14)19-22-17-11-15(21)10-16(18(17)23-19)12-4-2-1-3-5-12/h1-11H,(H,22,23). The van der Waals surface area contributed by atoms with Gasteiger partial charge in [0.15, 0.2) is 0 Å². The third kappa shape index (κ3) is 2.72. The second-order valence-corrected chi connectivity index (χ2v) is 6.18. The summed E-state index contributed by atoms with van der Waals surface area (Å²) in [4.78, 5) is 8.12. The van der Waals surface area contributed by atoms with Gasteiger partial charge in [0, 0.05) is 21.2 Å². The van der Waals surface area contributed by atoms with Gasteiger partial charge in [-0.25, -0.2) is 4.98 Å². The molecule has 1 aromatic heterocycles.